The summed E-state index contributed by atoms with van der Waals surface area (Å²) in [7, 11) is 1.15. The maximum Gasteiger partial charge on any atom is 0.276 e. The number of nitrogens with one attached hydrogen (secondary N) is 1. The molecule has 0 unspecified atom stereocenters. The number of carbonyl (C=O) groups excluding carboxylic acids is 1. The highest BCUT2D eigenvalue weighted by molar-refractivity contribution is 7.90. The van der Waals surface area contributed by atoms with Crippen molar-refractivity contribution in [1.29, 1.82) is 0 Å². The maximum atomic E-state index is 13.0. The van der Waals surface area contributed by atoms with Gasteiger partial charge < -0.3 is 14.8 Å². The SMILES string of the molecule is COc1cc(NC(=O)c2nn(C)c3c2CS(=O)(=O)c2ccccc2-3)cc(OC)c1. The van der Waals surface area contributed by atoms with E-state index in [0.29, 0.717) is 34.0 Å². The van der Waals surface area contributed by atoms with Gasteiger partial charge in [-0.1, -0.05) is 18.2 Å². The molecule has 0 bridgehead atoms. The van der Waals surface area contributed by atoms with Crippen LogP contribution in [0, 0.1) is 0 Å². The van der Waals surface area contributed by atoms with Crippen molar-refractivity contribution in [1.82, 2.24) is 9.78 Å². The lowest BCUT2D eigenvalue weighted by molar-refractivity contribution is 0.102. The number of fused-ring (bicyclic) bond motifs is 3. The Bertz CT molecular complexity index is 1210. The van der Waals surface area contributed by atoms with Crippen LogP contribution >= 0.6 is 0 Å². The van der Waals surface area contributed by atoms with Crippen molar-refractivity contribution in [2.45, 2.75) is 10.6 Å². The third kappa shape index (κ3) is 3.23. The van der Waals surface area contributed by atoms with E-state index >= 15 is 0 Å². The fourth-order valence-electron chi connectivity index (χ4n) is 3.50. The Hall–Kier alpha value is -3.33. The van der Waals surface area contributed by atoms with Gasteiger partial charge in [-0.15, -0.1) is 0 Å². The van der Waals surface area contributed by atoms with E-state index in [1.165, 1.54) is 14.2 Å². The van der Waals surface area contributed by atoms with Crippen molar-refractivity contribution >= 4 is 21.4 Å². The van der Waals surface area contributed by atoms with Crippen molar-refractivity contribution in [3.8, 4) is 22.8 Å². The van der Waals surface area contributed by atoms with Gasteiger partial charge in [-0.05, 0) is 6.07 Å². The highest BCUT2D eigenvalue weighted by Gasteiger charge is 2.34. The van der Waals surface area contributed by atoms with Crippen LogP contribution in [0.15, 0.2) is 47.4 Å². The molecule has 0 saturated carbocycles. The molecule has 1 aliphatic heterocycles. The summed E-state index contributed by atoms with van der Waals surface area (Å²) < 4.78 is 37.5. The first-order chi connectivity index (χ1) is 13.8. The molecule has 150 valence electrons. The van der Waals surface area contributed by atoms with E-state index in [1.807, 2.05) is 0 Å². The predicted molar refractivity (Wildman–Crippen MR) is 107 cm³/mol. The number of hydrogen-bond acceptors (Lipinski definition) is 6. The highest BCUT2D eigenvalue weighted by Crippen LogP contribution is 2.39. The molecule has 9 heteroatoms. The van der Waals surface area contributed by atoms with Crippen LogP contribution in [0.2, 0.25) is 0 Å². The zero-order chi connectivity index (χ0) is 20.8. The number of aryl methyl sites for hydroxylation is 1. The molecular weight excluding hydrogens is 394 g/mol. The van der Waals surface area contributed by atoms with Crippen molar-refractivity contribution in [3.05, 3.63) is 53.7 Å². The van der Waals surface area contributed by atoms with Gasteiger partial charge in [-0.2, -0.15) is 5.10 Å². The summed E-state index contributed by atoms with van der Waals surface area (Å²) in [5, 5.41) is 7.07. The predicted octanol–water partition coefficient (Wildman–Crippen LogP) is 2.64. The smallest absolute Gasteiger partial charge is 0.276 e. The van der Waals surface area contributed by atoms with Crippen LogP contribution in [-0.2, 0) is 22.6 Å². The van der Waals surface area contributed by atoms with Gasteiger partial charge in [0, 0.05) is 42.1 Å². The van der Waals surface area contributed by atoms with Crippen molar-refractivity contribution in [3.63, 3.8) is 0 Å². The van der Waals surface area contributed by atoms with Crippen molar-refractivity contribution < 1.29 is 22.7 Å². The molecule has 0 spiro atoms. The van der Waals surface area contributed by atoms with Crippen LogP contribution in [0.1, 0.15) is 16.1 Å². The van der Waals surface area contributed by atoms with Crippen LogP contribution < -0.4 is 14.8 Å². The number of hydrogen-bond donors (Lipinski definition) is 1. The van der Waals surface area contributed by atoms with E-state index in [1.54, 1.807) is 54.2 Å². The topological polar surface area (TPSA) is 99.5 Å². The van der Waals surface area contributed by atoms with Crippen LogP contribution in [0.3, 0.4) is 0 Å². The third-order valence-corrected chi connectivity index (χ3v) is 6.48. The third-order valence-electron chi connectivity index (χ3n) is 4.78. The standard InChI is InChI=1S/C20H19N3O5S/c1-23-19-15-6-4-5-7-17(15)29(25,26)11-16(19)18(22-23)20(24)21-12-8-13(27-2)10-14(9-12)28-3/h4-10H,11H2,1-3H3,(H,21,24). The van der Waals surface area contributed by atoms with Gasteiger partial charge in [0.25, 0.3) is 5.91 Å². The number of amides is 1. The van der Waals surface area contributed by atoms with Gasteiger partial charge in [-0.3, -0.25) is 9.48 Å². The summed E-state index contributed by atoms with van der Waals surface area (Å²) in [6, 6.07) is 11.7. The molecule has 0 atom stereocenters. The van der Waals surface area contributed by atoms with E-state index in [2.05, 4.69) is 10.4 Å². The Morgan fingerprint density at radius 1 is 1.10 bits per heavy atom. The van der Waals surface area contributed by atoms with Gasteiger partial charge in [0.05, 0.1) is 30.6 Å². The zero-order valence-electron chi connectivity index (χ0n) is 16.1. The second-order valence-electron chi connectivity index (χ2n) is 6.61. The number of rotatable bonds is 4. The normalized spacial score (nSPS) is 13.9. The quantitative estimate of drug-likeness (QED) is 0.706. The number of aromatic nitrogens is 2. The fraction of sp³-hybridized carbons (Fsp3) is 0.200. The zero-order valence-corrected chi connectivity index (χ0v) is 16.9. The molecule has 0 fully saturated rings. The fourth-order valence-corrected chi connectivity index (χ4v) is 5.09. The first-order valence-corrected chi connectivity index (χ1v) is 10.4. The maximum absolute atomic E-state index is 13.0. The number of sulfone groups is 1. The molecule has 1 N–H and O–H groups in total. The summed E-state index contributed by atoms with van der Waals surface area (Å²) >= 11 is 0. The number of ether oxygens (including phenoxy) is 2. The second-order valence-corrected chi connectivity index (χ2v) is 8.57. The second kappa shape index (κ2) is 6.93. The first kappa shape index (κ1) is 19.0. The monoisotopic (exact) mass is 413 g/mol. The summed E-state index contributed by atoms with van der Waals surface area (Å²) in [5.41, 5.74) is 2.08. The van der Waals surface area contributed by atoms with E-state index in [-0.39, 0.29) is 16.3 Å². The molecule has 2 heterocycles. The average Bonchev–Trinajstić information content (AvgIpc) is 3.03. The largest absolute Gasteiger partial charge is 0.497 e. The van der Waals surface area contributed by atoms with E-state index in [9.17, 15) is 13.2 Å². The van der Waals surface area contributed by atoms with Gasteiger partial charge in [0.15, 0.2) is 15.5 Å². The lowest BCUT2D eigenvalue weighted by Gasteiger charge is -2.18. The minimum atomic E-state index is -3.57. The first-order valence-electron chi connectivity index (χ1n) is 8.76. The minimum Gasteiger partial charge on any atom is -0.497 e. The van der Waals surface area contributed by atoms with E-state index in [4.69, 9.17) is 9.47 Å². The Labute approximate surface area is 168 Å². The molecule has 1 amide bonds. The molecule has 0 saturated heterocycles. The molecule has 3 aromatic rings. The Morgan fingerprint density at radius 3 is 2.41 bits per heavy atom. The molecule has 4 rings (SSSR count). The molecular formula is C20H19N3O5S. The summed E-state index contributed by atoms with van der Waals surface area (Å²) in [6.07, 6.45) is 0. The minimum absolute atomic E-state index is 0.0716. The van der Waals surface area contributed by atoms with Crippen molar-refractivity contribution in [2.75, 3.05) is 19.5 Å². The van der Waals surface area contributed by atoms with Gasteiger partial charge >= 0.3 is 0 Å². The van der Waals surface area contributed by atoms with Gasteiger partial charge in [-0.25, -0.2) is 8.42 Å². The van der Waals surface area contributed by atoms with Gasteiger partial charge in [0.1, 0.15) is 11.5 Å². The lowest BCUT2D eigenvalue weighted by atomic mass is 10.1. The van der Waals surface area contributed by atoms with Crippen LogP contribution in [-0.4, -0.2) is 38.3 Å². The van der Waals surface area contributed by atoms with E-state index in [0.717, 1.165) is 0 Å². The Balaban J connectivity index is 1.77. The summed E-state index contributed by atoms with van der Waals surface area (Å²) in [4.78, 5) is 13.2. The Kier molecular flexibility index (Phi) is 4.54. The lowest BCUT2D eigenvalue weighted by Crippen LogP contribution is -2.18. The molecule has 1 aliphatic rings. The molecule has 8 nitrogen and oxygen atoms in total. The van der Waals surface area contributed by atoms with Crippen LogP contribution in [0.25, 0.3) is 11.3 Å². The highest BCUT2D eigenvalue weighted by atomic mass is 32.2. The van der Waals surface area contributed by atoms with Crippen LogP contribution in [0.4, 0.5) is 5.69 Å². The summed E-state index contributed by atoms with van der Waals surface area (Å²) in [5.74, 6) is 0.238. The number of anilines is 1. The molecule has 29 heavy (non-hydrogen) atoms. The number of benzene rings is 2. The van der Waals surface area contributed by atoms with Crippen molar-refractivity contribution in [2.24, 2.45) is 7.05 Å². The Morgan fingerprint density at radius 2 is 1.76 bits per heavy atom. The molecule has 0 aliphatic carbocycles. The average molecular weight is 413 g/mol. The molecule has 0 radical (unpaired) electrons. The summed E-state index contributed by atoms with van der Waals surface area (Å²) in [6.45, 7) is 0. The number of methoxy groups -OCH3 is 2. The van der Waals surface area contributed by atoms with Crippen LogP contribution in [0.5, 0.6) is 11.5 Å². The molecule has 1 aromatic heterocycles. The number of nitrogens with zero attached hydrogens (tertiary/aromatic N) is 2. The van der Waals surface area contributed by atoms with E-state index < -0.39 is 15.7 Å². The van der Waals surface area contributed by atoms with Gasteiger partial charge in [0.2, 0.25) is 0 Å². The number of carbonyl (C=O) groups is 1. The molecule has 2 aromatic carbocycles.